The fraction of sp³-hybridized carbons (Fsp3) is 0.900. The lowest BCUT2D eigenvalue weighted by Crippen LogP contribution is -2.10. The van der Waals surface area contributed by atoms with Crippen molar-refractivity contribution in [2.75, 3.05) is 33.5 Å². The first-order valence-corrected chi connectivity index (χ1v) is 5.16. The van der Waals surface area contributed by atoms with E-state index in [4.69, 9.17) is 15.2 Å². The van der Waals surface area contributed by atoms with Crippen LogP contribution in [-0.2, 0) is 9.47 Å². The predicted octanol–water partition coefficient (Wildman–Crippen LogP) is 1.20. The van der Waals surface area contributed by atoms with Crippen molar-refractivity contribution in [2.45, 2.75) is 26.2 Å². The Bertz CT molecular complexity index is 149. The van der Waals surface area contributed by atoms with Crippen molar-refractivity contribution >= 4 is 5.84 Å². The normalized spacial score (nSPS) is 12.0. The Labute approximate surface area is 86.5 Å². The summed E-state index contributed by atoms with van der Waals surface area (Å²) < 4.78 is 10.2. The summed E-state index contributed by atoms with van der Waals surface area (Å²) in [6, 6.07) is 0. The molecule has 0 aromatic rings. The minimum Gasteiger partial charge on any atom is -0.387 e. The monoisotopic (exact) mass is 202 g/mol. The van der Waals surface area contributed by atoms with E-state index in [2.05, 4.69) is 4.99 Å². The molecule has 0 atom stereocenters. The zero-order chi connectivity index (χ0) is 10.6. The van der Waals surface area contributed by atoms with Crippen LogP contribution in [0.15, 0.2) is 4.99 Å². The van der Waals surface area contributed by atoms with E-state index in [1.54, 1.807) is 7.11 Å². The summed E-state index contributed by atoms with van der Waals surface area (Å²) in [5.41, 5.74) is 5.56. The van der Waals surface area contributed by atoms with Crippen LogP contribution in [0, 0.1) is 0 Å². The predicted molar refractivity (Wildman–Crippen MR) is 58.7 cm³/mol. The number of amidine groups is 1. The lowest BCUT2D eigenvalue weighted by molar-refractivity contribution is 0.0690. The molecule has 0 radical (unpaired) electrons. The molecule has 4 heteroatoms. The van der Waals surface area contributed by atoms with Crippen molar-refractivity contribution in [3.05, 3.63) is 0 Å². The van der Waals surface area contributed by atoms with E-state index in [0.29, 0.717) is 13.2 Å². The number of nitrogens with two attached hydrogens (primary N) is 1. The van der Waals surface area contributed by atoms with E-state index >= 15 is 0 Å². The Kier molecular flexibility index (Phi) is 10.0. The van der Waals surface area contributed by atoms with Crippen molar-refractivity contribution in [2.24, 2.45) is 10.7 Å². The Hall–Kier alpha value is -0.610. The number of rotatable bonds is 9. The molecule has 0 bridgehead atoms. The second kappa shape index (κ2) is 10.5. The van der Waals surface area contributed by atoms with Gasteiger partial charge in [0.05, 0.1) is 19.0 Å². The van der Waals surface area contributed by atoms with E-state index in [1.165, 1.54) is 0 Å². The summed E-state index contributed by atoms with van der Waals surface area (Å²) in [7, 11) is 1.67. The average Bonchev–Trinajstić information content (AvgIpc) is 2.21. The van der Waals surface area contributed by atoms with Crippen LogP contribution in [0.5, 0.6) is 0 Å². The Morgan fingerprint density at radius 1 is 1.21 bits per heavy atom. The maximum atomic E-state index is 5.56. The standard InChI is InChI=1S/C10H22N2O2/c1-3-10(11)12-6-4-5-7-14-9-8-13-2/h3-9H2,1-2H3,(H2,11,12). The molecule has 0 unspecified atom stereocenters. The van der Waals surface area contributed by atoms with E-state index in [0.717, 1.165) is 38.2 Å². The maximum Gasteiger partial charge on any atom is 0.0934 e. The van der Waals surface area contributed by atoms with Crippen molar-refractivity contribution in [1.82, 2.24) is 0 Å². The van der Waals surface area contributed by atoms with E-state index in [-0.39, 0.29) is 0 Å². The fourth-order valence-electron chi connectivity index (χ4n) is 0.895. The SMILES string of the molecule is CCC(N)=NCCCCOCCOC. The van der Waals surface area contributed by atoms with Crippen molar-refractivity contribution < 1.29 is 9.47 Å². The van der Waals surface area contributed by atoms with Gasteiger partial charge >= 0.3 is 0 Å². The van der Waals surface area contributed by atoms with Crippen molar-refractivity contribution in [3.63, 3.8) is 0 Å². The van der Waals surface area contributed by atoms with Crippen molar-refractivity contribution in [1.29, 1.82) is 0 Å². The highest BCUT2D eigenvalue weighted by molar-refractivity contribution is 5.79. The molecule has 0 amide bonds. The third kappa shape index (κ3) is 9.48. The number of unbranched alkanes of at least 4 members (excludes halogenated alkanes) is 1. The third-order valence-electron chi connectivity index (χ3n) is 1.81. The molecule has 0 aliphatic rings. The number of hydrogen-bond acceptors (Lipinski definition) is 3. The molecule has 0 rings (SSSR count). The molecule has 84 valence electrons. The van der Waals surface area contributed by atoms with Crippen LogP contribution in [-0.4, -0.2) is 39.3 Å². The van der Waals surface area contributed by atoms with Crippen LogP contribution in [0.3, 0.4) is 0 Å². The second-order valence-electron chi connectivity index (χ2n) is 3.04. The van der Waals surface area contributed by atoms with Gasteiger partial charge in [-0.25, -0.2) is 0 Å². The quantitative estimate of drug-likeness (QED) is 0.347. The van der Waals surface area contributed by atoms with Gasteiger partial charge in [0.25, 0.3) is 0 Å². The molecule has 0 saturated carbocycles. The second-order valence-corrected chi connectivity index (χ2v) is 3.04. The van der Waals surface area contributed by atoms with Crippen LogP contribution in [0.25, 0.3) is 0 Å². The first-order valence-electron chi connectivity index (χ1n) is 5.16. The van der Waals surface area contributed by atoms with Crippen LogP contribution in [0.1, 0.15) is 26.2 Å². The Morgan fingerprint density at radius 2 is 2.00 bits per heavy atom. The molecular formula is C10H22N2O2. The maximum absolute atomic E-state index is 5.56. The molecule has 0 saturated heterocycles. The Morgan fingerprint density at radius 3 is 2.64 bits per heavy atom. The number of nitrogens with zero attached hydrogens (tertiary/aromatic N) is 1. The number of aliphatic imine (C=N–C) groups is 1. The fourth-order valence-corrected chi connectivity index (χ4v) is 0.895. The third-order valence-corrected chi connectivity index (χ3v) is 1.81. The van der Waals surface area contributed by atoms with Gasteiger partial charge in [0.2, 0.25) is 0 Å². The minimum atomic E-state index is 0.668. The van der Waals surface area contributed by atoms with Gasteiger partial charge in [-0.3, -0.25) is 4.99 Å². The molecule has 0 aliphatic carbocycles. The molecule has 2 N–H and O–H groups in total. The van der Waals surface area contributed by atoms with Crippen molar-refractivity contribution in [3.8, 4) is 0 Å². The van der Waals surface area contributed by atoms with Gasteiger partial charge in [-0.15, -0.1) is 0 Å². The van der Waals surface area contributed by atoms with Gasteiger partial charge in [0, 0.05) is 26.7 Å². The van der Waals surface area contributed by atoms with Gasteiger partial charge in [-0.05, 0) is 12.8 Å². The molecule has 0 aliphatic heterocycles. The van der Waals surface area contributed by atoms with Gasteiger partial charge < -0.3 is 15.2 Å². The van der Waals surface area contributed by atoms with E-state index < -0.39 is 0 Å². The van der Waals surface area contributed by atoms with E-state index in [1.807, 2.05) is 6.92 Å². The summed E-state index contributed by atoms with van der Waals surface area (Å²) in [6.07, 6.45) is 2.90. The van der Waals surface area contributed by atoms with Crippen LogP contribution < -0.4 is 5.73 Å². The summed E-state index contributed by atoms with van der Waals surface area (Å²) in [6.45, 7) is 4.95. The zero-order valence-corrected chi connectivity index (χ0v) is 9.29. The van der Waals surface area contributed by atoms with Gasteiger partial charge in [-0.2, -0.15) is 0 Å². The summed E-state index contributed by atoms with van der Waals surface area (Å²) in [5.74, 6) is 0.741. The largest absolute Gasteiger partial charge is 0.387 e. The lowest BCUT2D eigenvalue weighted by atomic mass is 10.3. The summed E-state index contributed by atoms with van der Waals surface area (Å²) in [4.78, 5) is 4.19. The highest BCUT2D eigenvalue weighted by Gasteiger charge is 1.90. The molecule has 0 aromatic carbocycles. The zero-order valence-electron chi connectivity index (χ0n) is 9.29. The first-order chi connectivity index (χ1) is 6.81. The molecule has 0 aromatic heterocycles. The highest BCUT2D eigenvalue weighted by Crippen LogP contribution is 1.91. The average molecular weight is 202 g/mol. The number of hydrogen-bond donors (Lipinski definition) is 1. The highest BCUT2D eigenvalue weighted by atomic mass is 16.5. The Balaban J connectivity index is 3.06. The van der Waals surface area contributed by atoms with Crippen LogP contribution >= 0.6 is 0 Å². The van der Waals surface area contributed by atoms with E-state index in [9.17, 15) is 0 Å². The van der Waals surface area contributed by atoms with Gasteiger partial charge in [-0.1, -0.05) is 6.92 Å². The molecule has 14 heavy (non-hydrogen) atoms. The summed E-state index contributed by atoms with van der Waals surface area (Å²) >= 11 is 0. The topological polar surface area (TPSA) is 56.8 Å². The lowest BCUT2D eigenvalue weighted by Gasteiger charge is -2.02. The van der Waals surface area contributed by atoms with Crippen LogP contribution in [0.2, 0.25) is 0 Å². The molecule has 0 heterocycles. The van der Waals surface area contributed by atoms with Gasteiger partial charge in [0.1, 0.15) is 0 Å². The molecule has 0 fully saturated rings. The minimum absolute atomic E-state index is 0.668. The summed E-state index contributed by atoms with van der Waals surface area (Å²) in [5, 5.41) is 0. The van der Waals surface area contributed by atoms with Gasteiger partial charge in [0.15, 0.2) is 0 Å². The van der Waals surface area contributed by atoms with Crippen LogP contribution in [0.4, 0.5) is 0 Å². The molecular weight excluding hydrogens is 180 g/mol. The molecule has 0 spiro atoms. The smallest absolute Gasteiger partial charge is 0.0934 e. The molecule has 4 nitrogen and oxygen atoms in total. The number of methoxy groups -OCH3 is 1. The first kappa shape index (κ1) is 13.4. The number of ether oxygens (including phenoxy) is 2.